The van der Waals surface area contributed by atoms with Crippen molar-refractivity contribution >= 4 is 17.6 Å². The molecule has 0 aliphatic heterocycles. The van der Waals surface area contributed by atoms with Crippen molar-refractivity contribution in [2.75, 3.05) is 14.2 Å². The quantitative estimate of drug-likeness (QED) is 0.325. The summed E-state index contributed by atoms with van der Waals surface area (Å²) in [6.45, 7) is 0. The third kappa shape index (κ3) is 3.51. The Morgan fingerprint density at radius 2 is 1.42 bits per heavy atom. The Bertz CT molecular complexity index is 1380. The minimum atomic E-state index is -0.277. The Kier molecular flexibility index (Phi) is 5.11. The van der Waals surface area contributed by atoms with E-state index in [-0.39, 0.29) is 17.1 Å². The van der Waals surface area contributed by atoms with E-state index in [1.165, 1.54) is 0 Å². The molecule has 0 fully saturated rings. The topological polar surface area (TPSA) is 70.4 Å². The van der Waals surface area contributed by atoms with Crippen LogP contribution in [0.3, 0.4) is 0 Å². The zero-order chi connectivity index (χ0) is 22.9. The highest BCUT2D eigenvalue weighted by Gasteiger charge is 2.33. The third-order valence-electron chi connectivity index (χ3n) is 5.63. The molecule has 1 heterocycles. The molecule has 0 spiro atoms. The van der Waals surface area contributed by atoms with Crippen LogP contribution in [0, 0.1) is 0 Å². The van der Waals surface area contributed by atoms with E-state index in [0.29, 0.717) is 33.9 Å². The van der Waals surface area contributed by atoms with Crippen LogP contribution >= 0.6 is 0 Å². The van der Waals surface area contributed by atoms with Gasteiger partial charge in [-0.05, 0) is 36.4 Å². The number of fused-ring (bicyclic) bond motifs is 1. The number of nitrogens with zero attached hydrogens (tertiary/aromatic N) is 2. The molecule has 162 valence electrons. The van der Waals surface area contributed by atoms with Gasteiger partial charge in [0.05, 0.1) is 25.5 Å². The molecular formula is C27H20N2O4. The van der Waals surface area contributed by atoms with E-state index in [1.807, 2.05) is 48.7 Å². The lowest BCUT2D eigenvalue weighted by molar-refractivity contribution is 0.0990. The molecule has 0 N–H and O–H groups in total. The lowest BCUT2D eigenvalue weighted by Gasteiger charge is -2.09. The molecule has 1 aliphatic rings. The van der Waals surface area contributed by atoms with Gasteiger partial charge in [-0.25, -0.2) is 4.68 Å². The Labute approximate surface area is 190 Å². The second kappa shape index (κ2) is 8.24. The lowest BCUT2D eigenvalue weighted by atomic mass is 10.0. The zero-order valence-corrected chi connectivity index (χ0v) is 18.1. The molecule has 4 aromatic rings. The molecule has 0 radical (unpaired) electrons. The van der Waals surface area contributed by atoms with Crippen molar-refractivity contribution in [3.63, 3.8) is 0 Å². The van der Waals surface area contributed by atoms with Crippen LogP contribution in [-0.2, 0) is 0 Å². The number of aromatic nitrogens is 2. The van der Waals surface area contributed by atoms with Crippen LogP contribution in [0.15, 0.2) is 84.6 Å². The standard InChI is InChI=1S/C27H20N2O4/c1-32-23-13-12-17(15-24(23)33-2)25-18(16-29(28-25)19-8-4-3-5-9-19)14-22-26(30)20-10-6-7-11-21(20)27(22)31/h3-16H,1-2H3. The smallest absolute Gasteiger partial charge is 0.197 e. The molecule has 5 rings (SSSR count). The third-order valence-corrected chi connectivity index (χ3v) is 5.63. The summed E-state index contributed by atoms with van der Waals surface area (Å²) in [5.41, 5.74) is 3.87. The fourth-order valence-corrected chi connectivity index (χ4v) is 3.97. The van der Waals surface area contributed by atoms with Gasteiger partial charge in [0.15, 0.2) is 23.1 Å². The first-order chi connectivity index (χ1) is 16.1. The summed E-state index contributed by atoms with van der Waals surface area (Å²) < 4.78 is 12.5. The normalized spacial score (nSPS) is 12.6. The van der Waals surface area contributed by atoms with Crippen LogP contribution < -0.4 is 9.47 Å². The van der Waals surface area contributed by atoms with Gasteiger partial charge >= 0.3 is 0 Å². The molecule has 0 unspecified atom stereocenters. The Morgan fingerprint density at radius 1 is 0.788 bits per heavy atom. The summed E-state index contributed by atoms with van der Waals surface area (Å²) in [6, 6.07) is 22.0. The summed E-state index contributed by atoms with van der Waals surface area (Å²) in [5, 5.41) is 4.78. The highest BCUT2D eigenvalue weighted by atomic mass is 16.5. The summed E-state index contributed by atoms with van der Waals surface area (Å²) in [7, 11) is 3.15. The summed E-state index contributed by atoms with van der Waals surface area (Å²) in [5.74, 6) is 0.603. The number of para-hydroxylation sites is 1. The Balaban J connectivity index is 1.68. The van der Waals surface area contributed by atoms with E-state index in [0.717, 1.165) is 11.3 Å². The predicted octanol–water partition coefficient (Wildman–Crippen LogP) is 5.02. The van der Waals surface area contributed by atoms with Crippen molar-refractivity contribution in [3.05, 3.63) is 101 Å². The maximum atomic E-state index is 13.0. The van der Waals surface area contributed by atoms with Crippen LogP contribution in [0.2, 0.25) is 0 Å². The number of allylic oxidation sites excluding steroid dienone is 1. The van der Waals surface area contributed by atoms with E-state index in [9.17, 15) is 9.59 Å². The number of ketones is 2. The maximum absolute atomic E-state index is 13.0. The second-order valence-corrected chi connectivity index (χ2v) is 7.54. The molecule has 0 amide bonds. The molecule has 0 saturated carbocycles. The molecule has 1 aromatic heterocycles. The summed E-state index contributed by atoms with van der Waals surface area (Å²) in [6.07, 6.45) is 3.45. The summed E-state index contributed by atoms with van der Waals surface area (Å²) in [4.78, 5) is 25.9. The number of hydrogen-bond acceptors (Lipinski definition) is 5. The molecule has 0 saturated heterocycles. The first-order valence-corrected chi connectivity index (χ1v) is 10.4. The fraction of sp³-hybridized carbons (Fsp3) is 0.0741. The largest absolute Gasteiger partial charge is 0.493 e. The first kappa shape index (κ1) is 20.5. The number of Topliss-reactive ketones (excluding diaryl/α,β-unsaturated/α-hetero) is 2. The van der Waals surface area contributed by atoms with Crippen LogP contribution in [-0.4, -0.2) is 35.6 Å². The van der Waals surface area contributed by atoms with Gasteiger partial charge in [0.1, 0.15) is 5.69 Å². The van der Waals surface area contributed by atoms with Crippen molar-refractivity contribution in [2.24, 2.45) is 0 Å². The number of benzene rings is 3. The van der Waals surface area contributed by atoms with Crippen molar-refractivity contribution in [3.8, 4) is 28.4 Å². The Hall–Kier alpha value is -4.45. The van der Waals surface area contributed by atoms with Gasteiger partial charge in [0, 0.05) is 28.5 Å². The maximum Gasteiger partial charge on any atom is 0.197 e. The van der Waals surface area contributed by atoms with Crippen molar-refractivity contribution in [1.29, 1.82) is 0 Å². The molecular weight excluding hydrogens is 416 g/mol. The highest BCUT2D eigenvalue weighted by Crippen LogP contribution is 2.35. The SMILES string of the molecule is COc1ccc(-c2nn(-c3ccccc3)cc2C=C2C(=O)c3ccccc3C2=O)cc1OC. The fourth-order valence-electron chi connectivity index (χ4n) is 3.97. The van der Waals surface area contributed by atoms with Crippen LogP contribution in [0.1, 0.15) is 26.3 Å². The van der Waals surface area contributed by atoms with Gasteiger partial charge in [-0.3, -0.25) is 9.59 Å². The van der Waals surface area contributed by atoms with E-state index >= 15 is 0 Å². The molecule has 33 heavy (non-hydrogen) atoms. The van der Waals surface area contributed by atoms with Crippen molar-refractivity contribution in [1.82, 2.24) is 9.78 Å². The van der Waals surface area contributed by atoms with Gasteiger partial charge < -0.3 is 9.47 Å². The number of methoxy groups -OCH3 is 2. The van der Waals surface area contributed by atoms with E-state index < -0.39 is 0 Å². The molecule has 0 bridgehead atoms. The number of hydrogen-bond donors (Lipinski definition) is 0. The van der Waals surface area contributed by atoms with Crippen molar-refractivity contribution in [2.45, 2.75) is 0 Å². The minimum Gasteiger partial charge on any atom is -0.493 e. The van der Waals surface area contributed by atoms with Gasteiger partial charge in [-0.1, -0.05) is 42.5 Å². The van der Waals surface area contributed by atoms with Gasteiger partial charge in [0.25, 0.3) is 0 Å². The lowest BCUT2D eigenvalue weighted by Crippen LogP contribution is -2.00. The second-order valence-electron chi connectivity index (χ2n) is 7.54. The molecule has 6 heteroatoms. The van der Waals surface area contributed by atoms with Gasteiger partial charge in [0.2, 0.25) is 0 Å². The van der Waals surface area contributed by atoms with Crippen molar-refractivity contribution < 1.29 is 19.1 Å². The monoisotopic (exact) mass is 436 g/mol. The highest BCUT2D eigenvalue weighted by molar-refractivity contribution is 6.41. The van der Waals surface area contributed by atoms with Crippen LogP contribution in [0.5, 0.6) is 11.5 Å². The zero-order valence-electron chi connectivity index (χ0n) is 18.1. The van der Waals surface area contributed by atoms with Gasteiger partial charge in [-0.2, -0.15) is 5.10 Å². The predicted molar refractivity (Wildman–Crippen MR) is 125 cm³/mol. The molecule has 1 aliphatic carbocycles. The van der Waals surface area contributed by atoms with Crippen LogP contribution in [0.25, 0.3) is 23.0 Å². The van der Waals surface area contributed by atoms with E-state index in [4.69, 9.17) is 14.6 Å². The Morgan fingerprint density at radius 3 is 2.06 bits per heavy atom. The van der Waals surface area contributed by atoms with Gasteiger partial charge in [-0.15, -0.1) is 0 Å². The van der Waals surface area contributed by atoms with E-state index in [2.05, 4.69) is 0 Å². The molecule has 3 aromatic carbocycles. The van der Waals surface area contributed by atoms with E-state index in [1.54, 1.807) is 55.3 Å². The average Bonchev–Trinajstić information content (AvgIpc) is 3.39. The minimum absolute atomic E-state index is 0.130. The first-order valence-electron chi connectivity index (χ1n) is 10.4. The molecule has 0 atom stereocenters. The summed E-state index contributed by atoms with van der Waals surface area (Å²) >= 11 is 0. The molecule has 6 nitrogen and oxygen atoms in total. The average molecular weight is 436 g/mol. The number of ether oxygens (including phenoxy) is 2. The number of rotatable bonds is 5. The number of carbonyl (C=O) groups excluding carboxylic acids is 2. The number of carbonyl (C=O) groups is 2. The van der Waals surface area contributed by atoms with Crippen LogP contribution in [0.4, 0.5) is 0 Å².